The van der Waals surface area contributed by atoms with Crippen LogP contribution in [0.5, 0.6) is 0 Å². The fourth-order valence-electron chi connectivity index (χ4n) is 3.72. The van der Waals surface area contributed by atoms with Crippen LogP contribution in [-0.4, -0.2) is 36.1 Å². The number of carbonyl (C=O) groups is 2. The highest BCUT2D eigenvalue weighted by molar-refractivity contribution is 6.35. The lowest BCUT2D eigenvalue weighted by atomic mass is 9.98. The van der Waals surface area contributed by atoms with Crippen molar-refractivity contribution in [2.45, 2.75) is 32.7 Å². The molecule has 0 saturated carbocycles. The number of hydrogen-bond donors (Lipinski definition) is 3. The molecule has 3 N–H and O–H groups in total. The number of benzene rings is 1. The smallest absolute Gasteiger partial charge is 0.339 e. The minimum atomic E-state index is -0.475. The van der Waals surface area contributed by atoms with Crippen molar-refractivity contribution in [3.8, 4) is 11.8 Å². The van der Waals surface area contributed by atoms with E-state index in [1.54, 1.807) is 26.1 Å². The molecule has 0 aliphatic carbocycles. The number of H-pyrrole nitrogens is 1. The summed E-state index contributed by atoms with van der Waals surface area (Å²) < 4.78 is 19.7. The van der Waals surface area contributed by atoms with Gasteiger partial charge in [0, 0.05) is 17.5 Å². The number of anilines is 1. The Kier molecular flexibility index (Phi) is 6.84. The molecule has 3 heterocycles. The van der Waals surface area contributed by atoms with Gasteiger partial charge in [-0.25, -0.2) is 9.18 Å². The Hall–Kier alpha value is -3.08. The van der Waals surface area contributed by atoms with Crippen LogP contribution in [-0.2, 0) is 9.53 Å². The number of esters is 1. The third kappa shape index (κ3) is 4.36. The van der Waals surface area contributed by atoms with Gasteiger partial charge in [0.2, 0.25) is 0 Å². The highest BCUT2D eigenvalue weighted by atomic mass is 35.5. The number of carbonyl (C=O) groups excluding carboxylic acids is 2. The predicted molar refractivity (Wildman–Crippen MR) is 120 cm³/mol. The molecule has 31 heavy (non-hydrogen) atoms. The van der Waals surface area contributed by atoms with Crippen LogP contribution >= 0.6 is 12.4 Å². The molecule has 2 aromatic rings. The van der Waals surface area contributed by atoms with Gasteiger partial charge in [-0.2, -0.15) is 0 Å². The van der Waals surface area contributed by atoms with E-state index in [1.807, 2.05) is 0 Å². The van der Waals surface area contributed by atoms with E-state index in [1.165, 1.54) is 12.1 Å². The molecule has 8 heteroatoms. The molecular weight excluding hydrogens is 421 g/mol. The number of fused-ring (bicyclic) bond motifs is 1. The van der Waals surface area contributed by atoms with Gasteiger partial charge >= 0.3 is 5.97 Å². The molecule has 1 amide bonds. The third-order valence-corrected chi connectivity index (χ3v) is 5.31. The van der Waals surface area contributed by atoms with Crippen molar-refractivity contribution in [1.29, 1.82) is 0 Å². The van der Waals surface area contributed by atoms with Crippen LogP contribution in [0, 0.1) is 24.6 Å². The Balaban J connectivity index is 0.00000272. The SMILES string of the molecule is CCOC(=O)c1c[nH]c(C=C2C(=O)Nc3ccc(F)c(C#CC4CCCN4)c32)c1C.Cl. The van der Waals surface area contributed by atoms with E-state index in [-0.39, 0.29) is 36.5 Å². The Morgan fingerprint density at radius 1 is 1.39 bits per heavy atom. The van der Waals surface area contributed by atoms with E-state index in [9.17, 15) is 14.0 Å². The highest BCUT2D eigenvalue weighted by Crippen LogP contribution is 2.37. The van der Waals surface area contributed by atoms with Gasteiger partial charge in [-0.05, 0) is 57.0 Å². The largest absolute Gasteiger partial charge is 0.462 e. The Morgan fingerprint density at radius 2 is 2.19 bits per heavy atom. The topological polar surface area (TPSA) is 83.2 Å². The molecule has 1 saturated heterocycles. The summed E-state index contributed by atoms with van der Waals surface area (Å²) in [6.07, 6.45) is 5.12. The Morgan fingerprint density at radius 3 is 2.90 bits per heavy atom. The zero-order chi connectivity index (χ0) is 21.3. The maximum Gasteiger partial charge on any atom is 0.339 e. The molecule has 1 unspecified atom stereocenters. The minimum absolute atomic E-state index is 0. The van der Waals surface area contributed by atoms with Crippen LogP contribution < -0.4 is 10.6 Å². The summed E-state index contributed by atoms with van der Waals surface area (Å²) in [7, 11) is 0. The average molecular weight is 444 g/mol. The van der Waals surface area contributed by atoms with Crippen molar-refractivity contribution in [2.75, 3.05) is 18.5 Å². The van der Waals surface area contributed by atoms with E-state index in [0.717, 1.165) is 19.4 Å². The van der Waals surface area contributed by atoms with Gasteiger partial charge in [-0.3, -0.25) is 4.79 Å². The maximum atomic E-state index is 14.7. The summed E-state index contributed by atoms with van der Waals surface area (Å²) in [5.74, 6) is 4.76. The standard InChI is InChI=1S/C23H22FN3O3.ClH/c1-3-30-23(29)17-12-26-20(13(17)2)11-16-21-15(7-6-14-5-4-10-25-14)18(24)8-9-19(21)27-22(16)28;/h8-9,11-12,14,25-26H,3-5,10H2,1-2H3,(H,27,28);1H. The summed E-state index contributed by atoms with van der Waals surface area (Å²) in [6.45, 7) is 4.67. The first-order chi connectivity index (χ1) is 14.5. The quantitative estimate of drug-likeness (QED) is 0.384. The number of halogens is 2. The molecule has 1 atom stereocenters. The van der Waals surface area contributed by atoms with E-state index in [0.29, 0.717) is 33.6 Å². The molecule has 0 radical (unpaired) electrons. The van der Waals surface area contributed by atoms with Crippen LogP contribution in [0.4, 0.5) is 10.1 Å². The summed E-state index contributed by atoms with van der Waals surface area (Å²) in [4.78, 5) is 27.7. The van der Waals surface area contributed by atoms with Crippen molar-refractivity contribution in [3.63, 3.8) is 0 Å². The summed E-state index contributed by atoms with van der Waals surface area (Å²) in [5, 5.41) is 6.03. The molecule has 1 aromatic heterocycles. The summed E-state index contributed by atoms with van der Waals surface area (Å²) in [6, 6.07) is 2.87. The molecule has 4 rings (SSSR count). The second-order valence-corrected chi connectivity index (χ2v) is 7.24. The van der Waals surface area contributed by atoms with Gasteiger partial charge in [0.1, 0.15) is 5.82 Å². The Labute approximate surface area is 186 Å². The van der Waals surface area contributed by atoms with Gasteiger partial charge in [0.15, 0.2) is 0 Å². The molecule has 162 valence electrons. The highest BCUT2D eigenvalue weighted by Gasteiger charge is 2.29. The first-order valence-electron chi connectivity index (χ1n) is 9.95. The third-order valence-electron chi connectivity index (χ3n) is 5.31. The van der Waals surface area contributed by atoms with Gasteiger partial charge in [-0.1, -0.05) is 11.8 Å². The zero-order valence-electron chi connectivity index (χ0n) is 17.2. The summed E-state index contributed by atoms with van der Waals surface area (Å²) >= 11 is 0. The van der Waals surface area contributed by atoms with Crippen molar-refractivity contribution >= 4 is 41.6 Å². The molecule has 0 bridgehead atoms. The van der Waals surface area contributed by atoms with Crippen molar-refractivity contribution in [2.24, 2.45) is 0 Å². The number of ether oxygens (including phenoxy) is 1. The molecule has 1 fully saturated rings. The van der Waals surface area contributed by atoms with Crippen LogP contribution in [0.3, 0.4) is 0 Å². The first-order valence-corrected chi connectivity index (χ1v) is 9.95. The maximum absolute atomic E-state index is 14.7. The summed E-state index contributed by atoms with van der Waals surface area (Å²) in [5.41, 5.74) is 3.09. The monoisotopic (exact) mass is 443 g/mol. The molecule has 2 aliphatic heterocycles. The second-order valence-electron chi connectivity index (χ2n) is 7.24. The molecule has 6 nitrogen and oxygen atoms in total. The van der Waals surface area contributed by atoms with Gasteiger partial charge in [0.25, 0.3) is 5.91 Å². The normalized spacial score (nSPS) is 18.1. The number of aromatic nitrogens is 1. The van der Waals surface area contributed by atoms with Crippen LogP contribution in [0.15, 0.2) is 18.3 Å². The van der Waals surface area contributed by atoms with E-state index < -0.39 is 11.8 Å². The molecule has 2 aliphatic rings. The van der Waals surface area contributed by atoms with E-state index in [4.69, 9.17) is 4.74 Å². The average Bonchev–Trinajstić information content (AvgIpc) is 3.43. The fourth-order valence-corrected chi connectivity index (χ4v) is 3.72. The predicted octanol–water partition coefficient (Wildman–Crippen LogP) is 3.66. The van der Waals surface area contributed by atoms with Crippen LogP contribution in [0.2, 0.25) is 0 Å². The van der Waals surface area contributed by atoms with Crippen LogP contribution in [0.1, 0.15) is 52.5 Å². The molecular formula is C23H23ClFN3O3. The van der Waals surface area contributed by atoms with Gasteiger partial charge in [0.05, 0.1) is 35.0 Å². The number of amides is 1. The van der Waals surface area contributed by atoms with Crippen LogP contribution in [0.25, 0.3) is 11.6 Å². The van der Waals surface area contributed by atoms with Crippen molar-refractivity contribution in [3.05, 3.63) is 52.1 Å². The van der Waals surface area contributed by atoms with Gasteiger partial charge < -0.3 is 20.4 Å². The number of aromatic amines is 1. The van der Waals surface area contributed by atoms with E-state index >= 15 is 0 Å². The number of nitrogens with one attached hydrogen (secondary N) is 3. The molecule has 0 spiro atoms. The van der Waals surface area contributed by atoms with Crippen molar-refractivity contribution < 1.29 is 18.7 Å². The fraction of sp³-hybridized carbons (Fsp3) is 0.304. The van der Waals surface area contributed by atoms with Crippen molar-refractivity contribution in [1.82, 2.24) is 10.3 Å². The lowest BCUT2D eigenvalue weighted by molar-refractivity contribution is -0.110. The second kappa shape index (κ2) is 9.38. The minimum Gasteiger partial charge on any atom is -0.462 e. The first kappa shape index (κ1) is 22.6. The number of hydrogen-bond acceptors (Lipinski definition) is 4. The lowest BCUT2D eigenvalue weighted by Crippen LogP contribution is -2.18. The zero-order valence-corrected chi connectivity index (χ0v) is 18.0. The van der Waals surface area contributed by atoms with E-state index in [2.05, 4.69) is 27.5 Å². The van der Waals surface area contributed by atoms with Gasteiger partial charge in [-0.15, -0.1) is 12.4 Å². The molecule has 1 aromatic carbocycles. The lowest BCUT2D eigenvalue weighted by Gasteiger charge is -2.05. The Bertz CT molecular complexity index is 1120. The number of rotatable bonds is 3.